The fourth-order valence-corrected chi connectivity index (χ4v) is 3.06. The third-order valence-electron chi connectivity index (χ3n) is 4.45. The molecule has 0 aliphatic carbocycles. The van der Waals surface area contributed by atoms with Crippen molar-refractivity contribution in [1.82, 2.24) is 10.2 Å². The lowest BCUT2D eigenvalue weighted by Gasteiger charge is -2.30. The van der Waals surface area contributed by atoms with Gasteiger partial charge in [0.25, 0.3) is 0 Å². The summed E-state index contributed by atoms with van der Waals surface area (Å²) in [5.41, 5.74) is 4.39. The van der Waals surface area contributed by atoms with Crippen molar-refractivity contribution >= 4 is 0 Å². The van der Waals surface area contributed by atoms with Gasteiger partial charge in [-0.2, -0.15) is 0 Å². The van der Waals surface area contributed by atoms with E-state index in [0.717, 1.165) is 19.0 Å². The van der Waals surface area contributed by atoms with E-state index in [1.54, 1.807) is 0 Å². The summed E-state index contributed by atoms with van der Waals surface area (Å²) in [6.45, 7) is 12.7. The molecule has 0 spiro atoms. The molecule has 0 aromatic heterocycles. The molecule has 0 atom stereocenters. The Labute approximate surface area is 118 Å². The SMILES string of the molecule is CCN(Cc1c(C)cccc1C)CC1CCNCC1. The van der Waals surface area contributed by atoms with Crippen LogP contribution in [0.15, 0.2) is 18.2 Å². The molecule has 1 fully saturated rings. The fraction of sp³-hybridized carbons (Fsp3) is 0.647. The fourth-order valence-electron chi connectivity index (χ4n) is 3.06. The zero-order chi connectivity index (χ0) is 13.7. The molecule has 19 heavy (non-hydrogen) atoms. The average molecular weight is 260 g/mol. The molecule has 0 unspecified atom stereocenters. The van der Waals surface area contributed by atoms with Gasteiger partial charge in [0.2, 0.25) is 0 Å². The number of benzene rings is 1. The number of hydrogen-bond donors (Lipinski definition) is 1. The first-order chi connectivity index (χ1) is 9.20. The van der Waals surface area contributed by atoms with Gasteiger partial charge in [-0.1, -0.05) is 25.1 Å². The van der Waals surface area contributed by atoms with Crippen LogP contribution >= 0.6 is 0 Å². The van der Waals surface area contributed by atoms with Crippen LogP contribution in [0.4, 0.5) is 0 Å². The zero-order valence-corrected chi connectivity index (χ0v) is 12.7. The normalized spacial score (nSPS) is 17.1. The van der Waals surface area contributed by atoms with E-state index in [4.69, 9.17) is 0 Å². The van der Waals surface area contributed by atoms with Crippen LogP contribution in [0.25, 0.3) is 0 Å². The van der Waals surface area contributed by atoms with Gasteiger partial charge in [-0.25, -0.2) is 0 Å². The second-order valence-corrected chi connectivity index (χ2v) is 5.89. The monoisotopic (exact) mass is 260 g/mol. The molecule has 1 heterocycles. The molecule has 1 aromatic carbocycles. The molecule has 1 N–H and O–H groups in total. The molecule has 0 radical (unpaired) electrons. The summed E-state index contributed by atoms with van der Waals surface area (Å²) in [5.74, 6) is 0.880. The summed E-state index contributed by atoms with van der Waals surface area (Å²) in [7, 11) is 0. The van der Waals surface area contributed by atoms with Gasteiger partial charge >= 0.3 is 0 Å². The molecule has 0 bridgehead atoms. The highest BCUT2D eigenvalue weighted by atomic mass is 15.1. The predicted molar refractivity (Wildman–Crippen MR) is 82.5 cm³/mol. The van der Waals surface area contributed by atoms with Gasteiger partial charge in [-0.3, -0.25) is 4.90 Å². The summed E-state index contributed by atoms with van der Waals surface area (Å²) in [4.78, 5) is 2.62. The van der Waals surface area contributed by atoms with E-state index in [2.05, 4.69) is 49.2 Å². The van der Waals surface area contributed by atoms with E-state index in [0.29, 0.717) is 0 Å². The molecule has 2 heteroatoms. The van der Waals surface area contributed by atoms with Crippen LogP contribution in [-0.2, 0) is 6.54 Å². The lowest BCUT2D eigenvalue weighted by Crippen LogP contribution is -2.36. The average Bonchev–Trinajstić information content (AvgIpc) is 2.43. The molecule has 1 saturated heterocycles. The molecule has 2 nitrogen and oxygen atoms in total. The van der Waals surface area contributed by atoms with Crippen LogP contribution in [0.3, 0.4) is 0 Å². The van der Waals surface area contributed by atoms with Crippen molar-refractivity contribution in [2.24, 2.45) is 5.92 Å². The number of piperidine rings is 1. The first kappa shape index (κ1) is 14.5. The highest BCUT2D eigenvalue weighted by molar-refractivity contribution is 5.33. The van der Waals surface area contributed by atoms with E-state index in [1.807, 2.05) is 0 Å². The quantitative estimate of drug-likeness (QED) is 0.875. The summed E-state index contributed by atoms with van der Waals surface area (Å²) in [6.07, 6.45) is 2.67. The Morgan fingerprint density at radius 2 is 1.79 bits per heavy atom. The third-order valence-corrected chi connectivity index (χ3v) is 4.45. The van der Waals surface area contributed by atoms with E-state index in [-0.39, 0.29) is 0 Å². The molecule has 1 aromatic rings. The van der Waals surface area contributed by atoms with Gasteiger partial charge in [0.05, 0.1) is 0 Å². The first-order valence-electron chi connectivity index (χ1n) is 7.69. The Morgan fingerprint density at radius 3 is 2.37 bits per heavy atom. The van der Waals surface area contributed by atoms with Crippen LogP contribution in [0, 0.1) is 19.8 Å². The van der Waals surface area contributed by atoms with Gasteiger partial charge < -0.3 is 5.32 Å². The van der Waals surface area contributed by atoms with Crippen LogP contribution in [0.1, 0.15) is 36.5 Å². The Kier molecular flexibility index (Phi) is 5.41. The maximum absolute atomic E-state index is 3.46. The number of hydrogen-bond acceptors (Lipinski definition) is 2. The van der Waals surface area contributed by atoms with Gasteiger partial charge in [-0.05, 0) is 68.9 Å². The van der Waals surface area contributed by atoms with Gasteiger partial charge in [0, 0.05) is 13.1 Å². The molecular formula is C17H28N2. The lowest BCUT2D eigenvalue weighted by atomic mass is 9.96. The Morgan fingerprint density at radius 1 is 1.16 bits per heavy atom. The van der Waals surface area contributed by atoms with Crippen molar-refractivity contribution in [3.05, 3.63) is 34.9 Å². The Balaban J connectivity index is 1.98. The summed E-state index contributed by atoms with van der Waals surface area (Å²) >= 11 is 0. The van der Waals surface area contributed by atoms with Gasteiger partial charge in [-0.15, -0.1) is 0 Å². The van der Waals surface area contributed by atoms with Crippen LogP contribution in [0.2, 0.25) is 0 Å². The Hall–Kier alpha value is -0.860. The molecular weight excluding hydrogens is 232 g/mol. The van der Waals surface area contributed by atoms with Gasteiger partial charge in [0.1, 0.15) is 0 Å². The standard InChI is InChI=1S/C17H28N2/c1-4-19(12-16-8-10-18-11-9-16)13-17-14(2)6-5-7-15(17)3/h5-7,16,18H,4,8-13H2,1-3H3. The van der Waals surface area contributed by atoms with Crippen LogP contribution in [0.5, 0.6) is 0 Å². The predicted octanol–water partition coefficient (Wildman–Crippen LogP) is 3.12. The molecule has 1 aliphatic rings. The van der Waals surface area contributed by atoms with Crippen molar-refractivity contribution in [2.75, 3.05) is 26.2 Å². The number of nitrogens with zero attached hydrogens (tertiary/aromatic N) is 1. The molecule has 106 valence electrons. The van der Waals surface area contributed by atoms with Crippen LogP contribution in [-0.4, -0.2) is 31.1 Å². The summed E-state index contributed by atoms with van der Waals surface area (Å²) in [6, 6.07) is 6.64. The lowest BCUT2D eigenvalue weighted by molar-refractivity contribution is 0.206. The molecule has 2 rings (SSSR count). The minimum Gasteiger partial charge on any atom is -0.317 e. The number of rotatable bonds is 5. The molecule has 0 amide bonds. The van der Waals surface area contributed by atoms with E-state index in [9.17, 15) is 0 Å². The highest BCUT2D eigenvalue weighted by Gasteiger charge is 2.17. The second-order valence-electron chi connectivity index (χ2n) is 5.89. The third kappa shape index (κ3) is 4.05. The number of nitrogens with one attached hydrogen (secondary N) is 1. The second kappa shape index (κ2) is 7.06. The van der Waals surface area contributed by atoms with E-state index < -0.39 is 0 Å². The topological polar surface area (TPSA) is 15.3 Å². The first-order valence-corrected chi connectivity index (χ1v) is 7.69. The minimum atomic E-state index is 0.880. The van der Waals surface area contributed by atoms with Crippen molar-refractivity contribution in [1.29, 1.82) is 0 Å². The molecule has 1 aliphatic heterocycles. The van der Waals surface area contributed by atoms with Crippen molar-refractivity contribution in [2.45, 2.75) is 40.2 Å². The van der Waals surface area contributed by atoms with Gasteiger partial charge in [0.15, 0.2) is 0 Å². The van der Waals surface area contributed by atoms with Crippen molar-refractivity contribution < 1.29 is 0 Å². The number of aryl methyl sites for hydroxylation is 2. The highest BCUT2D eigenvalue weighted by Crippen LogP contribution is 2.19. The summed E-state index contributed by atoms with van der Waals surface area (Å²) < 4.78 is 0. The smallest absolute Gasteiger partial charge is 0.0238 e. The summed E-state index contributed by atoms with van der Waals surface area (Å²) in [5, 5.41) is 3.46. The van der Waals surface area contributed by atoms with Crippen LogP contribution < -0.4 is 5.32 Å². The zero-order valence-electron chi connectivity index (χ0n) is 12.7. The van der Waals surface area contributed by atoms with Crippen molar-refractivity contribution in [3.8, 4) is 0 Å². The van der Waals surface area contributed by atoms with E-state index in [1.165, 1.54) is 49.2 Å². The largest absolute Gasteiger partial charge is 0.317 e. The molecule has 0 saturated carbocycles. The Bertz CT molecular complexity index is 374. The minimum absolute atomic E-state index is 0.880. The van der Waals surface area contributed by atoms with Crippen molar-refractivity contribution in [3.63, 3.8) is 0 Å². The maximum Gasteiger partial charge on any atom is 0.0238 e. The van der Waals surface area contributed by atoms with E-state index >= 15 is 0 Å². The maximum atomic E-state index is 3.46.